The first-order valence-electron chi connectivity index (χ1n) is 7.80. The molecular formula is C16H20N4O2S2. The highest BCUT2D eigenvalue weighted by Crippen LogP contribution is 2.39. The molecule has 0 aromatic carbocycles. The molecule has 2 amide bonds. The maximum absolute atomic E-state index is 12.3. The molecule has 3 N–H and O–H groups in total. The number of aryl methyl sites for hydroxylation is 1. The first kappa shape index (κ1) is 17.0. The summed E-state index contributed by atoms with van der Waals surface area (Å²) in [6, 6.07) is 0. The zero-order valence-electron chi connectivity index (χ0n) is 13.7. The first-order chi connectivity index (χ1) is 11.5. The number of primary amides is 1. The van der Waals surface area contributed by atoms with Gasteiger partial charge < -0.3 is 15.6 Å². The molecule has 0 spiro atoms. The molecule has 2 aromatic heterocycles. The zero-order valence-corrected chi connectivity index (χ0v) is 15.3. The third-order valence-corrected chi connectivity index (χ3v) is 6.35. The molecular weight excluding hydrogens is 344 g/mol. The highest BCUT2D eigenvalue weighted by Gasteiger charge is 2.27. The van der Waals surface area contributed by atoms with Crippen molar-refractivity contribution in [2.75, 3.05) is 11.1 Å². The van der Waals surface area contributed by atoms with E-state index in [0.717, 1.165) is 30.0 Å². The van der Waals surface area contributed by atoms with Crippen LogP contribution in [0.25, 0.3) is 0 Å². The minimum atomic E-state index is -0.464. The monoisotopic (exact) mass is 364 g/mol. The standard InChI is InChI=1S/C16H20N4O2S2/c1-9-3-4-10-11(7-9)24-15(13(10)14(17)22)19-12(21)8-23-16-18-5-6-20(16)2/h5-6,9H,3-4,7-8H2,1-2H3,(H2,17,22)(H,19,21). The second-order valence-electron chi connectivity index (χ2n) is 6.08. The molecule has 0 saturated heterocycles. The van der Waals surface area contributed by atoms with Gasteiger partial charge in [0.15, 0.2) is 5.16 Å². The molecule has 2 heterocycles. The Morgan fingerprint density at radius 2 is 2.33 bits per heavy atom. The van der Waals surface area contributed by atoms with Gasteiger partial charge in [-0.15, -0.1) is 11.3 Å². The number of nitrogens with two attached hydrogens (primary N) is 1. The van der Waals surface area contributed by atoms with Crippen LogP contribution in [0.1, 0.15) is 34.1 Å². The number of nitrogens with zero attached hydrogens (tertiary/aromatic N) is 2. The molecule has 128 valence electrons. The van der Waals surface area contributed by atoms with E-state index in [2.05, 4.69) is 17.2 Å². The summed E-state index contributed by atoms with van der Waals surface area (Å²) in [5.41, 5.74) is 7.09. The van der Waals surface area contributed by atoms with E-state index in [1.54, 1.807) is 6.20 Å². The van der Waals surface area contributed by atoms with Gasteiger partial charge in [0.05, 0.1) is 11.3 Å². The molecule has 6 nitrogen and oxygen atoms in total. The van der Waals surface area contributed by atoms with Crippen LogP contribution in [-0.4, -0.2) is 27.1 Å². The largest absolute Gasteiger partial charge is 0.365 e. The third kappa shape index (κ3) is 3.49. The summed E-state index contributed by atoms with van der Waals surface area (Å²) in [7, 11) is 1.88. The second-order valence-corrected chi connectivity index (χ2v) is 8.13. The minimum absolute atomic E-state index is 0.155. The van der Waals surface area contributed by atoms with E-state index < -0.39 is 5.91 Å². The number of rotatable bonds is 5. The van der Waals surface area contributed by atoms with Crippen molar-refractivity contribution in [3.05, 3.63) is 28.4 Å². The second kappa shape index (κ2) is 6.98. The molecule has 24 heavy (non-hydrogen) atoms. The van der Waals surface area contributed by atoms with Crippen LogP contribution >= 0.6 is 23.1 Å². The van der Waals surface area contributed by atoms with E-state index >= 15 is 0 Å². The number of aromatic nitrogens is 2. The van der Waals surface area contributed by atoms with Crippen molar-refractivity contribution in [3.8, 4) is 0 Å². The molecule has 1 aliphatic carbocycles. The van der Waals surface area contributed by atoms with E-state index in [4.69, 9.17) is 5.73 Å². The predicted molar refractivity (Wildman–Crippen MR) is 96.6 cm³/mol. The van der Waals surface area contributed by atoms with Crippen molar-refractivity contribution < 1.29 is 9.59 Å². The number of hydrogen-bond donors (Lipinski definition) is 2. The van der Waals surface area contributed by atoms with Crippen LogP contribution in [-0.2, 0) is 24.7 Å². The maximum Gasteiger partial charge on any atom is 0.251 e. The average molecular weight is 364 g/mol. The number of thiophene rings is 1. The number of nitrogens with one attached hydrogen (secondary N) is 1. The topological polar surface area (TPSA) is 90.0 Å². The smallest absolute Gasteiger partial charge is 0.251 e. The summed E-state index contributed by atoms with van der Waals surface area (Å²) in [5.74, 6) is 0.216. The number of carbonyl (C=O) groups is 2. The fourth-order valence-corrected chi connectivity index (χ4v) is 5.05. The Morgan fingerprint density at radius 1 is 1.54 bits per heavy atom. The van der Waals surface area contributed by atoms with E-state index in [1.165, 1.54) is 28.0 Å². The predicted octanol–water partition coefficient (Wildman–Crippen LogP) is 2.44. The summed E-state index contributed by atoms with van der Waals surface area (Å²) in [6.07, 6.45) is 6.37. The Hall–Kier alpha value is -1.80. The number of hydrogen-bond acceptors (Lipinski definition) is 5. The van der Waals surface area contributed by atoms with Crippen LogP contribution in [0.5, 0.6) is 0 Å². The molecule has 8 heteroatoms. The van der Waals surface area contributed by atoms with Gasteiger partial charge in [-0.1, -0.05) is 18.7 Å². The number of thioether (sulfide) groups is 1. The maximum atomic E-state index is 12.3. The Morgan fingerprint density at radius 3 is 3.00 bits per heavy atom. The van der Waals surface area contributed by atoms with Gasteiger partial charge in [0.25, 0.3) is 5.91 Å². The molecule has 0 fully saturated rings. The van der Waals surface area contributed by atoms with Crippen molar-refractivity contribution >= 4 is 39.9 Å². The Kier molecular flexibility index (Phi) is 4.96. The number of carbonyl (C=O) groups excluding carboxylic acids is 2. The SMILES string of the molecule is CC1CCc2c(sc(NC(=O)CSc3nccn3C)c2C(N)=O)C1. The summed E-state index contributed by atoms with van der Waals surface area (Å²) in [4.78, 5) is 29.5. The molecule has 1 aliphatic rings. The lowest BCUT2D eigenvalue weighted by atomic mass is 9.88. The van der Waals surface area contributed by atoms with Gasteiger partial charge in [-0.3, -0.25) is 9.59 Å². The van der Waals surface area contributed by atoms with Crippen molar-refractivity contribution in [2.24, 2.45) is 18.7 Å². The van der Waals surface area contributed by atoms with E-state index in [1.807, 2.05) is 17.8 Å². The van der Waals surface area contributed by atoms with E-state index in [0.29, 0.717) is 16.5 Å². The summed E-state index contributed by atoms with van der Waals surface area (Å²) in [5, 5.41) is 4.23. The van der Waals surface area contributed by atoms with E-state index in [9.17, 15) is 9.59 Å². The Balaban J connectivity index is 1.73. The number of amides is 2. The van der Waals surface area contributed by atoms with Crippen LogP contribution in [0.2, 0.25) is 0 Å². The van der Waals surface area contributed by atoms with Gasteiger partial charge in [0.1, 0.15) is 5.00 Å². The number of anilines is 1. The molecule has 1 atom stereocenters. The summed E-state index contributed by atoms with van der Waals surface area (Å²) < 4.78 is 1.86. The van der Waals surface area contributed by atoms with Gasteiger partial charge in [-0.05, 0) is 30.7 Å². The molecule has 0 aliphatic heterocycles. The molecule has 2 aromatic rings. The lowest BCUT2D eigenvalue weighted by molar-refractivity contribution is -0.113. The normalized spacial score (nSPS) is 16.7. The lowest BCUT2D eigenvalue weighted by Crippen LogP contribution is -2.20. The highest BCUT2D eigenvalue weighted by molar-refractivity contribution is 7.99. The van der Waals surface area contributed by atoms with Gasteiger partial charge in [0.2, 0.25) is 5.91 Å². The van der Waals surface area contributed by atoms with E-state index in [-0.39, 0.29) is 11.7 Å². The molecule has 0 radical (unpaired) electrons. The van der Waals surface area contributed by atoms with Gasteiger partial charge in [0, 0.05) is 24.3 Å². The van der Waals surface area contributed by atoms with Crippen molar-refractivity contribution in [1.82, 2.24) is 9.55 Å². The number of fused-ring (bicyclic) bond motifs is 1. The van der Waals surface area contributed by atoms with Crippen molar-refractivity contribution in [2.45, 2.75) is 31.3 Å². The fourth-order valence-electron chi connectivity index (χ4n) is 2.88. The van der Waals surface area contributed by atoms with Crippen LogP contribution in [0.3, 0.4) is 0 Å². The molecule has 3 rings (SSSR count). The first-order valence-corrected chi connectivity index (χ1v) is 9.60. The van der Waals surface area contributed by atoms with Crippen LogP contribution < -0.4 is 11.1 Å². The van der Waals surface area contributed by atoms with Crippen molar-refractivity contribution in [1.29, 1.82) is 0 Å². The molecule has 0 saturated carbocycles. The molecule has 0 bridgehead atoms. The zero-order chi connectivity index (χ0) is 17.3. The van der Waals surface area contributed by atoms with Gasteiger partial charge >= 0.3 is 0 Å². The van der Waals surface area contributed by atoms with Crippen LogP contribution in [0.4, 0.5) is 5.00 Å². The minimum Gasteiger partial charge on any atom is -0.365 e. The van der Waals surface area contributed by atoms with Crippen LogP contribution in [0, 0.1) is 5.92 Å². The average Bonchev–Trinajstić information content (AvgIpc) is 3.07. The summed E-state index contributed by atoms with van der Waals surface area (Å²) >= 11 is 2.84. The third-order valence-electron chi connectivity index (χ3n) is 4.12. The van der Waals surface area contributed by atoms with Gasteiger partial charge in [-0.25, -0.2) is 4.98 Å². The highest BCUT2D eigenvalue weighted by atomic mass is 32.2. The van der Waals surface area contributed by atoms with Crippen molar-refractivity contribution in [3.63, 3.8) is 0 Å². The molecule has 1 unspecified atom stereocenters. The lowest BCUT2D eigenvalue weighted by Gasteiger charge is -2.18. The Bertz CT molecular complexity index is 781. The van der Waals surface area contributed by atoms with Crippen LogP contribution in [0.15, 0.2) is 17.6 Å². The summed E-state index contributed by atoms with van der Waals surface area (Å²) in [6.45, 7) is 2.20. The number of imidazole rings is 1. The van der Waals surface area contributed by atoms with Gasteiger partial charge in [-0.2, -0.15) is 0 Å². The fraction of sp³-hybridized carbons (Fsp3) is 0.438. The Labute approximate surface area is 148 Å². The quantitative estimate of drug-likeness (QED) is 0.798.